The molecule has 7 heteroatoms. The summed E-state index contributed by atoms with van der Waals surface area (Å²) in [5.41, 5.74) is 0.600. The van der Waals surface area contributed by atoms with Gasteiger partial charge in [-0.2, -0.15) is 0 Å². The first-order chi connectivity index (χ1) is 8.11. The predicted molar refractivity (Wildman–Crippen MR) is 61.1 cm³/mol. The number of carbonyl (C=O) groups is 1. The summed E-state index contributed by atoms with van der Waals surface area (Å²) in [4.78, 5) is 19.0. The summed E-state index contributed by atoms with van der Waals surface area (Å²) in [6.45, 7) is 0. The fourth-order valence-corrected chi connectivity index (χ4v) is 1.41. The van der Waals surface area contributed by atoms with Crippen molar-refractivity contribution in [2.75, 3.05) is 7.11 Å². The Balaban J connectivity index is 2.37. The van der Waals surface area contributed by atoms with Crippen molar-refractivity contribution in [2.45, 2.75) is 0 Å². The van der Waals surface area contributed by atoms with Crippen molar-refractivity contribution in [1.82, 2.24) is 9.97 Å². The number of oxazole rings is 1. The molecule has 0 aromatic carbocycles. The molecule has 0 bridgehead atoms. The van der Waals surface area contributed by atoms with Crippen molar-refractivity contribution in [3.63, 3.8) is 0 Å². The molecular formula is C10H6Cl2N2O3. The first-order valence-electron chi connectivity index (χ1n) is 4.47. The largest absolute Gasteiger partial charge is 0.464 e. The molecule has 5 nitrogen and oxygen atoms in total. The van der Waals surface area contributed by atoms with E-state index in [2.05, 4.69) is 14.7 Å². The molecule has 0 atom stereocenters. The van der Waals surface area contributed by atoms with Gasteiger partial charge in [0, 0.05) is 6.20 Å². The van der Waals surface area contributed by atoms with Gasteiger partial charge >= 0.3 is 5.97 Å². The first-order valence-corrected chi connectivity index (χ1v) is 5.22. The number of nitrogens with zero attached hydrogens (tertiary/aromatic N) is 2. The zero-order chi connectivity index (χ0) is 12.4. The van der Waals surface area contributed by atoms with Gasteiger partial charge in [0.2, 0.25) is 5.89 Å². The molecule has 0 saturated heterocycles. The Hall–Kier alpha value is -1.59. The van der Waals surface area contributed by atoms with E-state index in [1.807, 2.05) is 0 Å². The molecule has 2 rings (SSSR count). The van der Waals surface area contributed by atoms with Crippen LogP contribution in [0, 0.1) is 0 Å². The zero-order valence-corrected chi connectivity index (χ0v) is 10.1. The van der Waals surface area contributed by atoms with Crippen LogP contribution in [0.15, 0.2) is 22.9 Å². The SMILES string of the molecule is COC(=O)c1coc(-c2cnc(Cl)c(Cl)c2)n1. The van der Waals surface area contributed by atoms with Gasteiger partial charge in [0.05, 0.1) is 17.7 Å². The number of carbonyl (C=O) groups excluding carboxylic acids is 1. The van der Waals surface area contributed by atoms with E-state index in [4.69, 9.17) is 27.6 Å². The minimum absolute atomic E-state index is 0.0774. The standard InChI is InChI=1S/C10H6Cl2N2O3/c1-16-10(15)7-4-17-9(14-7)5-2-6(11)8(12)13-3-5/h2-4H,1H3. The van der Waals surface area contributed by atoms with Crippen LogP contribution in [0.5, 0.6) is 0 Å². The maximum Gasteiger partial charge on any atom is 0.360 e. The van der Waals surface area contributed by atoms with E-state index in [9.17, 15) is 4.79 Å². The average Bonchev–Trinajstić information content (AvgIpc) is 2.81. The van der Waals surface area contributed by atoms with Crippen molar-refractivity contribution in [2.24, 2.45) is 0 Å². The maximum absolute atomic E-state index is 11.2. The van der Waals surface area contributed by atoms with Crippen molar-refractivity contribution in [3.8, 4) is 11.5 Å². The molecule has 0 amide bonds. The van der Waals surface area contributed by atoms with Crippen LogP contribution in [-0.2, 0) is 4.74 Å². The van der Waals surface area contributed by atoms with Gasteiger partial charge in [0.15, 0.2) is 5.69 Å². The molecule has 17 heavy (non-hydrogen) atoms. The van der Waals surface area contributed by atoms with Crippen LogP contribution in [-0.4, -0.2) is 23.0 Å². The van der Waals surface area contributed by atoms with Crippen LogP contribution in [0.4, 0.5) is 0 Å². The molecule has 2 aromatic rings. The first kappa shape index (κ1) is 11.9. The van der Waals surface area contributed by atoms with Crippen LogP contribution in [0.25, 0.3) is 11.5 Å². The van der Waals surface area contributed by atoms with Crippen LogP contribution >= 0.6 is 23.2 Å². The average molecular weight is 273 g/mol. The molecule has 0 unspecified atom stereocenters. The number of halogens is 2. The number of hydrogen-bond acceptors (Lipinski definition) is 5. The number of aromatic nitrogens is 2. The second kappa shape index (κ2) is 4.73. The molecule has 2 heterocycles. The highest BCUT2D eigenvalue weighted by atomic mass is 35.5. The van der Waals surface area contributed by atoms with E-state index in [0.29, 0.717) is 5.56 Å². The lowest BCUT2D eigenvalue weighted by Gasteiger charge is -1.97. The minimum atomic E-state index is -0.576. The normalized spacial score (nSPS) is 10.3. The van der Waals surface area contributed by atoms with E-state index in [-0.39, 0.29) is 21.8 Å². The third-order valence-electron chi connectivity index (χ3n) is 1.94. The fourth-order valence-electron chi connectivity index (χ4n) is 1.14. The topological polar surface area (TPSA) is 65.2 Å². The third-order valence-corrected chi connectivity index (χ3v) is 2.63. The van der Waals surface area contributed by atoms with Gasteiger partial charge in [-0.1, -0.05) is 23.2 Å². The lowest BCUT2D eigenvalue weighted by atomic mass is 10.3. The number of esters is 1. The summed E-state index contributed by atoms with van der Waals surface area (Å²) in [6, 6.07) is 1.55. The Morgan fingerprint density at radius 1 is 1.47 bits per heavy atom. The molecule has 0 aliphatic carbocycles. The molecule has 88 valence electrons. The number of hydrogen-bond donors (Lipinski definition) is 0. The Morgan fingerprint density at radius 2 is 2.24 bits per heavy atom. The zero-order valence-electron chi connectivity index (χ0n) is 8.61. The summed E-state index contributed by atoms with van der Waals surface area (Å²) in [6.07, 6.45) is 2.64. The third kappa shape index (κ3) is 2.40. The van der Waals surface area contributed by atoms with E-state index in [1.54, 1.807) is 6.07 Å². The maximum atomic E-state index is 11.2. The fraction of sp³-hybridized carbons (Fsp3) is 0.100. The summed E-state index contributed by atoms with van der Waals surface area (Å²) < 4.78 is 9.62. The summed E-state index contributed by atoms with van der Waals surface area (Å²) in [7, 11) is 1.26. The van der Waals surface area contributed by atoms with Crippen molar-refractivity contribution >= 4 is 29.2 Å². The Morgan fingerprint density at radius 3 is 2.88 bits per heavy atom. The van der Waals surface area contributed by atoms with Crippen molar-refractivity contribution in [3.05, 3.63) is 34.4 Å². The molecule has 0 N–H and O–H groups in total. The Bertz CT molecular complexity index is 568. The lowest BCUT2D eigenvalue weighted by Crippen LogP contribution is -2.00. The predicted octanol–water partition coefficient (Wildman–Crippen LogP) is 2.83. The molecular weight excluding hydrogens is 267 g/mol. The molecule has 0 spiro atoms. The second-order valence-corrected chi connectivity index (χ2v) is 3.79. The van der Waals surface area contributed by atoms with Gasteiger partial charge in [-0.3, -0.25) is 0 Å². The molecule has 0 fully saturated rings. The van der Waals surface area contributed by atoms with E-state index >= 15 is 0 Å². The van der Waals surface area contributed by atoms with Crippen molar-refractivity contribution < 1.29 is 13.9 Å². The molecule has 0 aliphatic heterocycles. The number of ether oxygens (including phenoxy) is 1. The summed E-state index contributed by atoms with van der Waals surface area (Å²) in [5.74, 6) is -0.357. The smallest absolute Gasteiger partial charge is 0.360 e. The molecule has 0 saturated carbocycles. The van der Waals surface area contributed by atoms with E-state index in [0.717, 1.165) is 0 Å². The second-order valence-electron chi connectivity index (χ2n) is 3.03. The van der Waals surface area contributed by atoms with E-state index in [1.165, 1.54) is 19.6 Å². The Kier molecular flexibility index (Phi) is 3.31. The van der Waals surface area contributed by atoms with Gasteiger partial charge in [0.1, 0.15) is 11.4 Å². The van der Waals surface area contributed by atoms with Gasteiger partial charge in [0.25, 0.3) is 0 Å². The summed E-state index contributed by atoms with van der Waals surface area (Å²) in [5, 5.41) is 0.470. The molecule has 0 radical (unpaired) electrons. The van der Waals surface area contributed by atoms with Gasteiger partial charge in [-0.15, -0.1) is 0 Å². The highest BCUT2D eigenvalue weighted by Crippen LogP contribution is 2.25. The van der Waals surface area contributed by atoms with Crippen LogP contribution in [0.3, 0.4) is 0 Å². The monoisotopic (exact) mass is 272 g/mol. The van der Waals surface area contributed by atoms with Crippen LogP contribution in [0.1, 0.15) is 10.5 Å². The number of rotatable bonds is 2. The van der Waals surface area contributed by atoms with Crippen LogP contribution < -0.4 is 0 Å². The van der Waals surface area contributed by atoms with Crippen LogP contribution in [0.2, 0.25) is 10.2 Å². The van der Waals surface area contributed by atoms with Gasteiger partial charge in [-0.05, 0) is 6.07 Å². The highest BCUT2D eigenvalue weighted by molar-refractivity contribution is 6.41. The Labute approximate surface area is 106 Å². The lowest BCUT2D eigenvalue weighted by molar-refractivity contribution is 0.0594. The van der Waals surface area contributed by atoms with Gasteiger partial charge in [-0.25, -0.2) is 14.8 Å². The molecule has 0 aliphatic rings. The highest BCUT2D eigenvalue weighted by Gasteiger charge is 2.14. The number of methoxy groups -OCH3 is 1. The quantitative estimate of drug-likeness (QED) is 0.621. The van der Waals surface area contributed by atoms with Gasteiger partial charge < -0.3 is 9.15 Å². The van der Waals surface area contributed by atoms with Crippen molar-refractivity contribution in [1.29, 1.82) is 0 Å². The number of pyridine rings is 1. The summed E-state index contributed by atoms with van der Waals surface area (Å²) >= 11 is 11.5. The molecule has 2 aromatic heterocycles. The van der Waals surface area contributed by atoms with E-state index < -0.39 is 5.97 Å². The minimum Gasteiger partial charge on any atom is -0.464 e.